The van der Waals surface area contributed by atoms with Gasteiger partial charge < -0.3 is 14.7 Å². The van der Waals surface area contributed by atoms with Crippen LogP contribution in [0.5, 0.6) is 0 Å². The summed E-state index contributed by atoms with van der Waals surface area (Å²) in [5.41, 5.74) is 5.36. The summed E-state index contributed by atoms with van der Waals surface area (Å²) in [5.74, 6) is -0.0273. The molecule has 6 heteroatoms. The lowest BCUT2D eigenvalue weighted by Crippen LogP contribution is -2.45. The number of benzene rings is 3. The lowest BCUT2D eigenvalue weighted by molar-refractivity contribution is -0.118. The highest BCUT2D eigenvalue weighted by Gasteiger charge is 2.42. The van der Waals surface area contributed by atoms with Crippen LogP contribution >= 0.6 is 0 Å². The van der Waals surface area contributed by atoms with Crippen molar-refractivity contribution in [3.05, 3.63) is 89.5 Å². The Bertz CT molecular complexity index is 1260. The summed E-state index contributed by atoms with van der Waals surface area (Å²) >= 11 is 0. The Hall–Kier alpha value is -3.25. The quantitative estimate of drug-likeness (QED) is 0.397. The van der Waals surface area contributed by atoms with Crippen LogP contribution in [-0.2, 0) is 11.2 Å². The first kappa shape index (κ1) is 23.2. The number of hydrogen-bond acceptors (Lipinski definition) is 3. The molecule has 0 aliphatic carbocycles. The van der Waals surface area contributed by atoms with Crippen LogP contribution in [-0.4, -0.2) is 43.0 Å². The van der Waals surface area contributed by atoms with Crippen molar-refractivity contribution in [2.24, 2.45) is 0 Å². The molecule has 0 saturated carbocycles. The SMILES string of the molecule is O=C1CCc2ccccc2N1CCCCN1CC[C@@H]2[C@@H](C1)c1cc(F)ccc1N2c1ccc(F)cc1. The molecule has 36 heavy (non-hydrogen) atoms. The molecule has 0 N–H and O–H groups in total. The Morgan fingerprint density at radius 1 is 0.833 bits per heavy atom. The van der Waals surface area contributed by atoms with Gasteiger partial charge in [0.15, 0.2) is 0 Å². The molecule has 1 saturated heterocycles. The number of carbonyl (C=O) groups excluding carboxylic acids is 1. The van der Waals surface area contributed by atoms with Crippen LogP contribution in [0.4, 0.5) is 25.8 Å². The van der Waals surface area contributed by atoms with E-state index in [1.54, 1.807) is 6.07 Å². The van der Waals surface area contributed by atoms with Gasteiger partial charge in [0.25, 0.3) is 0 Å². The average molecular weight is 488 g/mol. The van der Waals surface area contributed by atoms with Crippen LogP contribution in [0.1, 0.15) is 42.7 Å². The fraction of sp³-hybridized carbons (Fsp3) is 0.367. The van der Waals surface area contributed by atoms with Crippen molar-refractivity contribution in [3.63, 3.8) is 0 Å². The normalized spacial score (nSPS) is 21.3. The molecule has 3 aliphatic rings. The Labute approximate surface area is 211 Å². The van der Waals surface area contributed by atoms with E-state index in [0.29, 0.717) is 6.42 Å². The lowest BCUT2D eigenvalue weighted by atomic mass is 9.89. The van der Waals surface area contributed by atoms with Crippen molar-refractivity contribution in [2.75, 3.05) is 36.0 Å². The Kier molecular flexibility index (Phi) is 6.22. The zero-order valence-corrected chi connectivity index (χ0v) is 20.4. The fourth-order valence-electron chi connectivity index (χ4n) is 6.32. The molecule has 2 atom stereocenters. The van der Waals surface area contributed by atoms with Crippen molar-refractivity contribution in [3.8, 4) is 0 Å². The van der Waals surface area contributed by atoms with Crippen molar-refractivity contribution >= 4 is 23.0 Å². The Balaban J connectivity index is 1.11. The molecular formula is C30H31F2N3O. The summed E-state index contributed by atoms with van der Waals surface area (Å²) in [6.07, 6.45) is 4.36. The number of rotatable bonds is 6. The van der Waals surface area contributed by atoms with Crippen LogP contribution in [0.15, 0.2) is 66.7 Å². The van der Waals surface area contributed by atoms with Gasteiger partial charge in [-0.05, 0) is 91.9 Å². The first-order valence-corrected chi connectivity index (χ1v) is 13.0. The summed E-state index contributed by atoms with van der Waals surface area (Å²) in [6, 6.07) is 20.1. The smallest absolute Gasteiger partial charge is 0.227 e. The molecule has 3 aromatic rings. The van der Waals surface area contributed by atoms with Gasteiger partial charge in [0.1, 0.15) is 11.6 Å². The monoisotopic (exact) mass is 487 g/mol. The molecule has 0 unspecified atom stereocenters. The minimum Gasteiger partial charge on any atom is -0.337 e. The third kappa shape index (κ3) is 4.28. The highest BCUT2D eigenvalue weighted by Crippen LogP contribution is 2.48. The predicted molar refractivity (Wildman–Crippen MR) is 139 cm³/mol. The number of likely N-dealkylation sites (tertiary alicyclic amines) is 1. The highest BCUT2D eigenvalue weighted by molar-refractivity contribution is 5.96. The van der Waals surface area contributed by atoms with Gasteiger partial charge in [-0.15, -0.1) is 0 Å². The maximum absolute atomic E-state index is 14.2. The van der Waals surface area contributed by atoms with Crippen molar-refractivity contribution in [1.82, 2.24) is 4.90 Å². The fourth-order valence-corrected chi connectivity index (χ4v) is 6.32. The maximum atomic E-state index is 14.2. The van der Waals surface area contributed by atoms with E-state index < -0.39 is 0 Å². The van der Waals surface area contributed by atoms with Crippen LogP contribution < -0.4 is 9.80 Å². The minimum atomic E-state index is -0.251. The maximum Gasteiger partial charge on any atom is 0.227 e. The molecule has 3 heterocycles. The van der Waals surface area contributed by atoms with E-state index in [1.165, 1.54) is 23.8 Å². The van der Waals surface area contributed by atoms with Crippen molar-refractivity contribution in [1.29, 1.82) is 0 Å². The molecule has 1 amide bonds. The van der Waals surface area contributed by atoms with E-state index in [1.807, 2.05) is 35.2 Å². The van der Waals surface area contributed by atoms with E-state index in [-0.39, 0.29) is 29.5 Å². The van der Waals surface area contributed by atoms with Crippen LogP contribution in [0.2, 0.25) is 0 Å². The second kappa shape index (κ2) is 9.66. The van der Waals surface area contributed by atoms with E-state index in [2.05, 4.69) is 21.9 Å². The standard InChI is InChI=1S/C30H31F2N3O/c31-22-8-11-24(12-9-22)35-28-13-10-23(32)19-25(28)26-20-33(18-15-29(26)35)16-3-4-17-34-27-6-2-1-5-21(27)7-14-30(34)36/h1-2,5-6,8-13,19,26,29H,3-4,7,14-18,20H2/t26-,29+/m0/s1. The van der Waals surface area contributed by atoms with Gasteiger partial charge in [-0.3, -0.25) is 4.79 Å². The Morgan fingerprint density at radius 2 is 1.61 bits per heavy atom. The van der Waals surface area contributed by atoms with Crippen LogP contribution in [0.25, 0.3) is 0 Å². The highest BCUT2D eigenvalue weighted by atomic mass is 19.1. The van der Waals surface area contributed by atoms with E-state index in [0.717, 1.165) is 74.5 Å². The molecule has 0 bridgehead atoms. The number of halogens is 2. The van der Waals surface area contributed by atoms with E-state index in [4.69, 9.17) is 0 Å². The molecule has 186 valence electrons. The van der Waals surface area contributed by atoms with Gasteiger partial charge in [0.2, 0.25) is 5.91 Å². The number of fused-ring (bicyclic) bond motifs is 4. The van der Waals surface area contributed by atoms with Gasteiger partial charge in [-0.2, -0.15) is 0 Å². The predicted octanol–water partition coefficient (Wildman–Crippen LogP) is 6.03. The third-order valence-electron chi connectivity index (χ3n) is 8.04. The van der Waals surface area contributed by atoms with Crippen molar-refractivity contribution < 1.29 is 13.6 Å². The van der Waals surface area contributed by atoms with Gasteiger partial charge in [0.05, 0.1) is 0 Å². The van der Waals surface area contributed by atoms with Crippen LogP contribution in [0.3, 0.4) is 0 Å². The molecule has 0 aromatic heterocycles. The first-order chi connectivity index (χ1) is 17.6. The topological polar surface area (TPSA) is 26.8 Å². The average Bonchev–Trinajstić information content (AvgIpc) is 3.21. The number of carbonyl (C=O) groups is 1. The molecule has 4 nitrogen and oxygen atoms in total. The molecule has 0 spiro atoms. The summed E-state index contributed by atoms with van der Waals surface area (Å²) in [4.78, 5) is 19.3. The third-order valence-corrected chi connectivity index (χ3v) is 8.04. The number of nitrogens with zero attached hydrogens (tertiary/aromatic N) is 3. The number of aryl methyl sites for hydroxylation is 1. The summed E-state index contributed by atoms with van der Waals surface area (Å²) in [5, 5.41) is 0. The number of piperidine rings is 1. The Morgan fingerprint density at radius 3 is 2.47 bits per heavy atom. The summed E-state index contributed by atoms with van der Waals surface area (Å²) < 4.78 is 27.8. The van der Waals surface area contributed by atoms with Crippen LogP contribution in [0, 0.1) is 11.6 Å². The number of amides is 1. The summed E-state index contributed by atoms with van der Waals surface area (Å²) in [6.45, 7) is 3.57. The lowest BCUT2D eigenvalue weighted by Gasteiger charge is -2.39. The zero-order valence-electron chi connectivity index (χ0n) is 20.4. The second-order valence-electron chi connectivity index (χ2n) is 10.2. The molecule has 6 rings (SSSR count). The first-order valence-electron chi connectivity index (χ1n) is 13.0. The molecule has 1 fully saturated rings. The molecular weight excluding hydrogens is 456 g/mol. The van der Waals surface area contributed by atoms with Crippen molar-refractivity contribution in [2.45, 2.75) is 44.1 Å². The zero-order chi connectivity index (χ0) is 24.6. The number of para-hydroxylation sites is 1. The molecule has 3 aromatic carbocycles. The summed E-state index contributed by atoms with van der Waals surface area (Å²) in [7, 11) is 0. The second-order valence-corrected chi connectivity index (χ2v) is 10.2. The molecule has 3 aliphatic heterocycles. The number of unbranched alkanes of at least 4 members (excludes halogenated alkanes) is 1. The van der Waals surface area contributed by atoms with Gasteiger partial charge >= 0.3 is 0 Å². The number of hydrogen-bond donors (Lipinski definition) is 0. The number of anilines is 3. The van der Waals surface area contributed by atoms with E-state index >= 15 is 0 Å². The largest absolute Gasteiger partial charge is 0.337 e. The van der Waals surface area contributed by atoms with Gasteiger partial charge in [0, 0.05) is 55.1 Å². The van der Waals surface area contributed by atoms with E-state index in [9.17, 15) is 13.6 Å². The van der Waals surface area contributed by atoms with Gasteiger partial charge in [-0.25, -0.2) is 8.78 Å². The van der Waals surface area contributed by atoms with Gasteiger partial charge in [-0.1, -0.05) is 18.2 Å². The minimum absolute atomic E-state index is 0.211. The molecule has 0 radical (unpaired) electrons.